The number of nitrogens with one attached hydrogen (secondary N) is 2. The molecule has 0 aliphatic carbocycles. The van der Waals surface area contributed by atoms with E-state index in [9.17, 15) is 22.4 Å². The van der Waals surface area contributed by atoms with Gasteiger partial charge in [0.2, 0.25) is 11.0 Å². The predicted octanol–water partition coefficient (Wildman–Crippen LogP) is 5.82. The van der Waals surface area contributed by atoms with Crippen LogP contribution in [0.25, 0.3) is 0 Å². The van der Waals surface area contributed by atoms with Crippen LogP contribution in [0.15, 0.2) is 46.8 Å². The molecule has 2 aromatic carbocycles. The van der Waals surface area contributed by atoms with E-state index in [0.29, 0.717) is 9.47 Å². The van der Waals surface area contributed by atoms with E-state index in [4.69, 9.17) is 11.6 Å². The zero-order valence-electron chi connectivity index (χ0n) is 14.3. The van der Waals surface area contributed by atoms with Crippen molar-refractivity contribution in [1.29, 1.82) is 0 Å². The van der Waals surface area contributed by atoms with Crippen LogP contribution in [0, 0.1) is 5.82 Å². The molecule has 1 amide bonds. The minimum absolute atomic E-state index is 0.211. The number of halogens is 5. The molecule has 5 nitrogen and oxygen atoms in total. The molecule has 0 atom stereocenters. The lowest BCUT2D eigenvalue weighted by atomic mass is 10.1. The lowest BCUT2D eigenvalue weighted by Gasteiger charge is -2.14. The Morgan fingerprint density at radius 2 is 1.90 bits per heavy atom. The van der Waals surface area contributed by atoms with Gasteiger partial charge in [-0.15, -0.1) is 10.2 Å². The summed E-state index contributed by atoms with van der Waals surface area (Å²) in [7, 11) is 0. The second-order valence-electron chi connectivity index (χ2n) is 5.47. The second kappa shape index (κ2) is 8.97. The summed E-state index contributed by atoms with van der Waals surface area (Å²) in [5, 5.41) is 12.7. The van der Waals surface area contributed by atoms with Gasteiger partial charge in [0.05, 0.1) is 27.7 Å². The van der Waals surface area contributed by atoms with Crippen LogP contribution in [0.2, 0.25) is 5.02 Å². The molecule has 0 fully saturated rings. The van der Waals surface area contributed by atoms with Gasteiger partial charge in [0.15, 0.2) is 4.34 Å². The van der Waals surface area contributed by atoms with Crippen molar-refractivity contribution in [2.24, 2.45) is 0 Å². The van der Waals surface area contributed by atoms with Crippen molar-refractivity contribution in [2.75, 3.05) is 16.4 Å². The minimum atomic E-state index is -4.66. The van der Waals surface area contributed by atoms with Gasteiger partial charge in [0, 0.05) is 0 Å². The van der Waals surface area contributed by atoms with E-state index in [1.165, 1.54) is 18.2 Å². The molecule has 0 saturated carbocycles. The van der Waals surface area contributed by atoms with Crippen molar-refractivity contribution >= 4 is 57.1 Å². The summed E-state index contributed by atoms with van der Waals surface area (Å²) in [4.78, 5) is 12.1. The molecule has 12 heteroatoms. The Kier molecular flexibility index (Phi) is 6.60. The summed E-state index contributed by atoms with van der Waals surface area (Å²) in [6.07, 6.45) is -4.66. The molecule has 3 rings (SSSR count). The first kappa shape index (κ1) is 21.3. The first-order valence-corrected chi connectivity index (χ1v) is 10.1. The number of aromatic nitrogens is 2. The van der Waals surface area contributed by atoms with E-state index in [2.05, 4.69) is 20.8 Å². The number of para-hydroxylation sites is 2. The number of hydrogen-bond acceptors (Lipinski definition) is 6. The average Bonchev–Trinajstić information content (AvgIpc) is 3.10. The van der Waals surface area contributed by atoms with E-state index in [-0.39, 0.29) is 16.5 Å². The van der Waals surface area contributed by atoms with Crippen LogP contribution >= 0.6 is 34.7 Å². The molecular weight excluding hydrogens is 452 g/mol. The minimum Gasteiger partial charge on any atom is -0.328 e. The number of amides is 1. The van der Waals surface area contributed by atoms with Crippen LogP contribution in [0.3, 0.4) is 0 Å². The topological polar surface area (TPSA) is 66.9 Å². The molecule has 0 aliphatic heterocycles. The van der Waals surface area contributed by atoms with E-state index in [1.807, 2.05) is 0 Å². The molecule has 0 bridgehead atoms. The lowest BCUT2D eigenvalue weighted by Crippen LogP contribution is -2.18. The quantitative estimate of drug-likeness (QED) is 0.356. The summed E-state index contributed by atoms with van der Waals surface area (Å²) in [5.41, 5.74) is -1.31. The molecule has 0 spiro atoms. The lowest BCUT2D eigenvalue weighted by molar-refractivity contribution is -0.137. The largest absolute Gasteiger partial charge is 0.418 e. The molecule has 0 radical (unpaired) electrons. The number of hydrogen-bond donors (Lipinski definition) is 2. The Balaban J connectivity index is 1.61. The normalized spacial score (nSPS) is 11.3. The predicted molar refractivity (Wildman–Crippen MR) is 105 cm³/mol. The molecule has 29 heavy (non-hydrogen) atoms. The maximum absolute atomic E-state index is 13.6. The molecule has 1 heterocycles. The molecule has 3 aromatic rings. The number of thioether (sulfide) groups is 1. The van der Waals surface area contributed by atoms with Crippen molar-refractivity contribution in [3.8, 4) is 0 Å². The number of rotatable bonds is 6. The highest BCUT2D eigenvalue weighted by atomic mass is 35.5. The Morgan fingerprint density at radius 3 is 2.62 bits per heavy atom. The van der Waals surface area contributed by atoms with Gasteiger partial charge in [0.25, 0.3) is 0 Å². The van der Waals surface area contributed by atoms with Crippen molar-refractivity contribution in [3.63, 3.8) is 0 Å². The highest BCUT2D eigenvalue weighted by Gasteiger charge is 2.34. The van der Waals surface area contributed by atoms with E-state index < -0.39 is 29.2 Å². The summed E-state index contributed by atoms with van der Waals surface area (Å²) in [6, 6.07) is 9.25. The zero-order chi connectivity index (χ0) is 21.0. The fourth-order valence-electron chi connectivity index (χ4n) is 2.19. The van der Waals surface area contributed by atoms with Gasteiger partial charge in [-0.05, 0) is 24.3 Å². The standard InChI is InChI=1S/C17H11ClF4N4OS2/c18-10-5-3-4-9(17(20,21)22)14(10)24-13(27)8-28-16-26-25-15(29-16)23-12-7-2-1-6-11(12)19/h1-7H,8H2,(H,23,25)(H,24,27). The molecule has 0 saturated heterocycles. The first-order valence-electron chi connectivity index (χ1n) is 7.87. The average molecular weight is 463 g/mol. The summed E-state index contributed by atoms with van der Waals surface area (Å²) in [5.74, 6) is -1.36. The molecule has 0 unspecified atom stereocenters. The zero-order valence-corrected chi connectivity index (χ0v) is 16.6. The third kappa shape index (κ3) is 5.58. The summed E-state index contributed by atoms with van der Waals surface area (Å²) in [6.45, 7) is 0. The van der Waals surface area contributed by atoms with E-state index in [1.54, 1.807) is 12.1 Å². The van der Waals surface area contributed by atoms with Crippen LogP contribution < -0.4 is 10.6 Å². The number of carbonyl (C=O) groups is 1. The maximum Gasteiger partial charge on any atom is 0.418 e. The van der Waals surface area contributed by atoms with Gasteiger partial charge in [-0.3, -0.25) is 4.79 Å². The van der Waals surface area contributed by atoms with Crippen molar-refractivity contribution < 1.29 is 22.4 Å². The molecule has 2 N–H and O–H groups in total. The molecule has 0 aliphatic rings. The molecular formula is C17H11ClF4N4OS2. The van der Waals surface area contributed by atoms with Gasteiger partial charge in [-0.1, -0.05) is 52.9 Å². The Hall–Kier alpha value is -2.37. The summed E-state index contributed by atoms with van der Waals surface area (Å²) >= 11 is 7.86. The molecule has 1 aromatic heterocycles. The number of carbonyl (C=O) groups excluding carboxylic acids is 1. The van der Waals surface area contributed by atoms with Gasteiger partial charge >= 0.3 is 6.18 Å². The highest BCUT2D eigenvalue weighted by molar-refractivity contribution is 8.01. The van der Waals surface area contributed by atoms with E-state index in [0.717, 1.165) is 35.2 Å². The van der Waals surface area contributed by atoms with Crippen molar-refractivity contribution in [2.45, 2.75) is 10.5 Å². The van der Waals surface area contributed by atoms with Crippen LogP contribution in [0.1, 0.15) is 5.56 Å². The third-order valence-electron chi connectivity index (χ3n) is 3.43. The fourth-order valence-corrected chi connectivity index (χ4v) is 3.97. The number of alkyl halides is 3. The van der Waals surface area contributed by atoms with Crippen LogP contribution in [-0.4, -0.2) is 21.9 Å². The van der Waals surface area contributed by atoms with Crippen LogP contribution in [0.5, 0.6) is 0 Å². The number of anilines is 3. The van der Waals surface area contributed by atoms with Gasteiger partial charge in [-0.25, -0.2) is 4.39 Å². The Bertz CT molecular complexity index is 1030. The van der Waals surface area contributed by atoms with Crippen molar-refractivity contribution in [1.82, 2.24) is 10.2 Å². The highest BCUT2D eigenvalue weighted by Crippen LogP contribution is 2.38. The van der Waals surface area contributed by atoms with Crippen molar-refractivity contribution in [3.05, 3.63) is 58.9 Å². The number of nitrogens with zero attached hydrogens (tertiary/aromatic N) is 2. The monoisotopic (exact) mass is 462 g/mol. The first-order chi connectivity index (χ1) is 13.7. The van der Waals surface area contributed by atoms with Gasteiger partial charge in [-0.2, -0.15) is 13.2 Å². The van der Waals surface area contributed by atoms with Gasteiger partial charge in [0.1, 0.15) is 5.82 Å². The Morgan fingerprint density at radius 1 is 1.14 bits per heavy atom. The SMILES string of the molecule is O=C(CSc1nnc(Nc2ccccc2F)s1)Nc1c(Cl)cccc1C(F)(F)F. The maximum atomic E-state index is 13.6. The second-order valence-corrected chi connectivity index (χ2v) is 8.08. The Labute approximate surface area is 175 Å². The van der Waals surface area contributed by atoms with Gasteiger partial charge < -0.3 is 10.6 Å². The number of benzene rings is 2. The molecule has 152 valence electrons. The third-order valence-corrected chi connectivity index (χ3v) is 5.72. The smallest absolute Gasteiger partial charge is 0.328 e. The fraction of sp³-hybridized carbons (Fsp3) is 0.118. The van der Waals surface area contributed by atoms with Crippen LogP contribution in [-0.2, 0) is 11.0 Å². The van der Waals surface area contributed by atoms with E-state index >= 15 is 0 Å². The summed E-state index contributed by atoms with van der Waals surface area (Å²) < 4.78 is 53.2. The van der Waals surface area contributed by atoms with Crippen LogP contribution in [0.4, 0.5) is 34.1 Å².